The van der Waals surface area contributed by atoms with Crippen molar-refractivity contribution in [2.24, 2.45) is 0 Å². The van der Waals surface area contributed by atoms with Crippen molar-refractivity contribution in [1.29, 1.82) is 5.26 Å². The predicted octanol–water partition coefficient (Wildman–Crippen LogP) is 2.77. The van der Waals surface area contributed by atoms with Crippen LogP contribution < -0.4 is 15.0 Å². The summed E-state index contributed by atoms with van der Waals surface area (Å²) in [7, 11) is 1.53. The van der Waals surface area contributed by atoms with E-state index >= 15 is 0 Å². The first-order valence-corrected chi connectivity index (χ1v) is 7.09. The summed E-state index contributed by atoms with van der Waals surface area (Å²) in [6, 6.07) is 7.07. The van der Waals surface area contributed by atoms with Crippen molar-refractivity contribution >= 4 is 12.2 Å². The van der Waals surface area contributed by atoms with Gasteiger partial charge in [-0.05, 0) is 36.8 Å². The minimum absolute atomic E-state index is 0.0297. The molecule has 1 heterocycles. The molecule has 0 aliphatic heterocycles. The Bertz CT molecular complexity index is 833. The molecule has 1 aromatic heterocycles. The van der Waals surface area contributed by atoms with E-state index in [0.717, 1.165) is 6.42 Å². The number of nitrogens with one attached hydrogen (secondary N) is 2. The molecule has 2 N–H and O–H groups in total. The molecule has 1 aromatic carbocycles. The molecule has 2 rings (SSSR count). The van der Waals surface area contributed by atoms with Crippen molar-refractivity contribution in [3.8, 4) is 28.8 Å². The lowest BCUT2D eigenvalue weighted by Crippen LogP contribution is -2.13. The van der Waals surface area contributed by atoms with Gasteiger partial charge in [0, 0.05) is 5.56 Å². The molecule has 0 saturated carbocycles. The Morgan fingerprint density at radius 1 is 1.32 bits per heavy atom. The van der Waals surface area contributed by atoms with Gasteiger partial charge in [-0.3, -0.25) is 9.78 Å². The minimum atomic E-state index is -0.522. The van der Waals surface area contributed by atoms with E-state index in [4.69, 9.17) is 27.0 Å². The van der Waals surface area contributed by atoms with E-state index in [2.05, 4.69) is 9.97 Å². The second kappa shape index (κ2) is 6.91. The summed E-state index contributed by atoms with van der Waals surface area (Å²) in [6.45, 7) is 2.59. The first kappa shape index (κ1) is 15.8. The highest BCUT2D eigenvalue weighted by atomic mass is 32.1. The predicted molar refractivity (Wildman–Crippen MR) is 84.7 cm³/mol. The molecule has 0 atom stereocenters. The number of ether oxygens (including phenoxy) is 2. The largest absolute Gasteiger partial charge is 0.493 e. The molecule has 7 heteroatoms. The van der Waals surface area contributed by atoms with E-state index in [9.17, 15) is 4.79 Å². The molecule has 6 nitrogen and oxygen atoms in total. The highest BCUT2D eigenvalue weighted by Crippen LogP contribution is 2.32. The molecule has 0 aliphatic rings. The first-order valence-electron chi connectivity index (χ1n) is 6.68. The van der Waals surface area contributed by atoms with Gasteiger partial charge < -0.3 is 14.5 Å². The Morgan fingerprint density at radius 3 is 2.73 bits per heavy atom. The smallest absolute Gasteiger partial charge is 0.270 e. The zero-order valence-electron chi connectivity index (χ0n) is 12.2. The third-order valence-corrected chi connectivity index (χ3v) is 3.17. The van der Waals surface area contributed by atoms with Gasteiger partial charge >= 0.3 is 0 Å². The second-order valence-electron chi connectivity index (χ2n) is 4.48. The molecule has 0 saturated heterocycles. The Morgan fingerprint density at radius 2 is 2.09 bits per heavy atom. The van der Waals surface area contributed by atoms with Crippen LogP contribution in [0, 0.1) is 16.1 Å². The van der Waals surface area contributed by atoms with Crippen molar-refractivity contribution in [2.45, 2.75) is 13.3 Å². The molecule has 0 unspecified atom stereocenters. The number of benzene rings is 1. The number of methoxy groups -OCH3 is 1. The number of H-pyrrole nitrogens is 2. The fourth-order valence-corrected chi connectivity index (χ4v) is 2.16. The molecule has 0 radical (unpaired) electrons. The Hall–Kier alpha value is -2.59. The van der Waals surface area contributed by atoms with Crippen LogP contribution in [0.3, 0.4) is 0 Å². The Balaban J connectivity index is 2.57. The van der Waals surface area contributed by atoms with Gasteiger partial charge in [0.05, 0.1) is 19.4 Å². The number of aromatic nitrogens is 2. The standard InChI is InChI=1S/C15H15N3O3S/c1-3-6-21-11-5-4-9(7-12(11)20-2)13-10(8-16)14(19)18-15(22)17-13/h4-5,7H,3,6H2,1-2H3,(H2,17,18,19,22). The third kappa shape index (κ3) is 3.18. The van der Waals surface area contributed by atoms with E-state index in [1.807, 2.05) is 13.0 Å². The van der Waals surface area contributed by atoms with Gasteiger partial charge in [0.2, 0.25) is 0 Å². The van der Waals surface area contributed by atoms with Crippen LogP contribution in [0.2, 0.25) is 0 Å². The summed E-state index contributed by atoms with van der Waals surface area (Å²) >= 11 is 4.96. The van der Waals surface area contributed by atoms with Gasteiger partial charge in [0.25, 0.3) is 5.56 Å². The number of nitrogens with zero attached hydrogens (tertiary/aromatic N) is 1. The SMILES string of the molecule is CCCOc1ccc(-c2[nH]c(=S)[nH]c(=O)c2C#N)cc1OC. The van der Waals surface area contributed by atoms with Crippen molar-refractivity contribution in [1.82, 2.24) is 9.97 Å². The summed E-state index contributed by atoms with van der Waals surface area (Å²) in [5.74, 6) is 1.13. The molecule has 0 spiro atoms. The van der Waals surface area contributed by atoms with Crippen LogP contribution in [-0.4, -0.2) is 23.7 Å². The number of nitriles is 1. The monoisotopic (exact) mass is 317 g/mol. The summed E-state index contributed by atoms with van der Waals surface area (Å²) < 4.78 is 11.0. The average molecular weight is 317 g/mol. The molecule has 0 amide bonds. The molecule has 2 aromatic rings. The first-order chi connectivity index (χ1) is 10.6. The highest BCUT2D eigenvalue weighted by molar-refractivity contribution is 7.71. The van der Waals surface area contributed by atoms with Crippen LogP contribution >= 0.6 is 12.2 Å². The lowest BCUT2D eigenvalue weighted by Gasteiger charge is -2.12. The van der Waals surface area contributed by atoms with Crippen LogP contribution in [0.25, 0.3) is 11.3 Å². The van der Waals surface area contributed by atoms with Gasteiger partial charge in [-0.1, -0.05) is 6.92 Å². The van der Waals surface area contributed by atoms with E-state index in [0.29, 0.717) is 29.4 Å². The van der Waals surface area contributed by atoms with Crippen LogP contribution in [0.15, 0.2) is 23.0 Å². The van der Waals surface area contributed by atoms with Crippen molar-refractivity contribution in [3.63, 3.8) is 0 Å². The van der Waals surface area contributed by atoms with Gasteiger partial charge in [0.15, 0.2) is 16.3 Å². The Kier molecular flexibility index (Phi) is 4.96. The maximum absolute atomic E-state index is 11.8. The van der Waals surface area contributed by atoms with E-state index in [-0.39, 0.29) is 10.3 Å². The summed E-state index contributed by atoms with van der Waals surface area (Å²) in [4.78, 5) is 17.0. The fraction of sp³-hybridized carbons (Fsp3) is 0.267. The Labute approximate surface area is 132 Å². The second-order valence-corrected chi connectivity index (χ2v) is 4.89. The number of hydrogen-bond acceptors (Lipinski definition) is 5. The highest BCUT2D eigenvalue weighted by Gasteiger charge is 2.13. The fourth-order valence-electron chi connectivity index (χ4n) is 1.96. The van der Waals surface area contributed by atoms with Gasteiger partial charge in [0.1, 0.15) is 11.6 Å². The van der Waals surface area contributed by atoms with Crippen molar-refractivity contribution in [2.75, 3.05) is 13.7 Å². The lowest BCUT2D eigenvalue weighted by atomic mass is 10.1. The summed E-state index contributed by atoms with van der Waals surface area (Å²) in [5, 5.41) is 9.17. The zero-order valence-corrected chi connectivity index (χ0v) is 13.0. The van der Waals surface area contributed by atoms with Crippen molar-refractivity contribution < 1.29 is 9.47 Å². The number of aromatic amines is 2. The molecule has 114 valence electrons. The maximum Gasteiger partial charge on any atom is 0.270 e. The molecular weight excluding hydrogens is 302 g/mol. The average Bonchev–Trinajstić information content (AvgIpc) is 2.52. The van der Waals surface area contributed by atoms with Crippen LogP contribution in [0.4, 0.5) is 0 Å². The summed E-state index contributed by atoms with van der Waals surface area (Å²) in [6.07, 6.45) is 0.880. The van der Waals surface area contributed by atoms with Gasteiger partial charge in [-0.2, -0.15) is 5.26 Å². The van der Waals surface area contributed by atoms with Gasteiger partial charge in [-0.25, -0.2) is 0 Å². The summed E-state index contributed by atoms with van der Waals surface area (Å²) in [5.41, 5.74) is 0.426. The van der Waals surface area contributed by atoms with Crippen LogP contribution in [0.1, 0.15) is 18.9 Å². The number of hydrogen-bond donors (Lipinski definition) is 2. The maximum atomic E-state index is 11.8. The quantitative estimate of drug-likeness (QED) is 0.827. The zero-order chi connectivity index (χ0) is 16.1. The van der Waals surface area contributed by atoms with E-state index in [1.54, 1.807) is 18.2 Å². The topological polar surface area (TPSA) is 90.9 Å². The van der Waals surface area contributed by atoms with Gasteiger partial charge in [-0.15, -0.1) is 0 Å². The molecule has 22 heavy (non-hydrogen) atoms. The van der Waals surface area contributed by atoms with Crippen LogP contribution in [0.5, 0.6) is 11.5 Å². The minimum Gasteiger partial charge on any atom is -0.493 e. The molecular formula is C15H15N3O3S. The number of rotatable bonds is 5. The van der Waals surface area contributed by atoms with Crippen LogP contribution in [-0.2, 0) is 0 Å². The molecule has 0 bridgehead atoms. The lowest BCUT2D eigenvalue weighted by molar-refractivity contribution is 0.294. The van der Waals surface area contributed by atoms with E-state index in [1.165, 1.54) is 7.11 Å². The molecule has 0 fully saturated rings. The third-order valence-electron chi connectivity index (χ3n) is 2.97. The molecule has 0 aliphatic carbocycles. The normalized spacial score (nSPS) is 10.0. The van der Waals surface area contributed by atoms with E-state index < -0.39 is 5.56 Å². The van der Waals surface area contributed by atoms with Crippen molar-refractivity contribution in [3.05, 3.63) is 38.9 Å².